The molecule has 8 nitrogen and oxygen atoms in total. The topological polar surface area (TPSA) is 90.4 Å². The summed E-state index contributed by atoms with van der Waals surface area (Å²) in [6.45, 7) is 1.18. The lowest BCUT2D eigenvalue weighted by atomic mass is 10.0. The fourth-order valence-corrected chi connectivity index (χ4v) is 7.45. The number of carboxylic acid groups (broad SMARTS) is 1. The minimum atomic E-state index is -3.68. The Labute approximate surface area is 262 Å². The Morgan fingerprint density at radius 1 is 1.07 bits per heavy atom. The molecule has 0 aromatic heterocycles. The molecule has 1 fully saturated rings. The second-order valence-electron chi connectivity index (χ2n) is 11.0. The maximum atomic E-state index is 15.5. The summed E-state index contributed by atoms with van der Waals surface area (Å²) in [6.07, 6.45) is 0.694. The Morgan fingerprint density at radius 3 is 2.42 bits per heavy atom. The van der Waals surface area contributed by atoms with Crippen molar-refractivity contribution in [2.24, 2.45) is 0 Å². The Balaban J connectivity index is 1.69. The number of benzene rings is 3. The minimum absolute atomic E-state index is 0.0462. The van der Waals surface area contributed by atoms with E-state index in [1.54, 1.807) is 12.1 Å². The molecule has 4 rings (SSSR count). The molecule has 1 aliphatic heterocycles. The maximum Gasteiger partial charge on any atom is 0.322 e. The van der Waals surface area contributed by atoms with Gasteiger partial charge < -0.3 is 14.7 Å². The molecule has 1 saturated heterocycles. The lowest BCUT2D eigenvalue weighted by Crippen LogP contribution is -2.43. The lowest BCUT2D eigenvalue weighted by molar-refractivity contribution is -0.141. The average Bonchev–Trinajstić information content (AvgIpc) is 3.25. The fraction of sp³-hybridized carbons (Fsp3) is 0.387. The van der Waals surface area contributed by atoms with E-state index >= 15 is 4.39 Å². The minimum Gasteiger partial charge on any atom is -0.494 e. The monoisotopic (exact) mass is 651 g/mol. The van der Waals surface area contributed by atoms with Gasteiger partial charge in [0.15, 0.2) is 11.6 Å². The van der Waals surface area contributed by atoms with E-state index in [0.29, 0.717) is 35.7 Å². The van der Waals surface area contributed by atoms with Crippen LogP contribution >= 0.6 is 23.2 Å². The zero-order valence-electron chi connectivity index (χ0n) is 24.3. The van der Waals surface area contributed by atoms with Crippen molar-refractivity contribution in [3.8, 4) is 5.75 Å². The van der Waals surface area contributed by atoms with Gasteiger partial charge in [-0.25, -0.2) is 12.8 Å². The zero-order valence-corrected chi connectivity index (χ0v) is 26.7. The molecule has 1 aliphatic rings. The molecule has 0 saturated carbocycles. The smallest absolute Gasteiger partial charge is 0.322 e. The predicted molar refractivity (Wildman–Crippen MR) is 167 cm³/mol. The summed E-state index contributed by atoms with van der Waals surface area (Å²) in [6, 6.07) is 17.0. The molecular weight excluding hydrogens is 616 g/mol. The Morgan fingerprint density at radius 2 is 1.77 bits per heavy atom. The van der Waals surface area contributed by atoms with Gasteiger partial charge in [-0.05, 0) is 67.9 Å². The van der Waals surface area contributed by atoms with Crippen LogP contribution in [-0.2, 0) is 40.9 Å². The van der Waals surface area contributed by atoms with Crippen molar-refractivity contribution in [3.63, 3.8) is 0 Å². The van der Waals surface area contributed by atoms with Gasteiger partial charge in [0.2, 0.25) is 10.0 Å². The number of aliphatic carboxylic acids is 1. The van der Waals surface area contributed by atoms with Gasteiger partial charge in [0, 0.05) is 47.8 Å². The molecule has 0 amide bonds. The number of sulfonamides is 1. The van der Waals surface area contributed by atoms with E-state index in [2.05, 4.69) is 9.80 Å². The van der Waals surface area contributed by atoms with Crippen LogP contribution in [0.15, 0.2) is 60.7 Å². The van der Waals surface area contributed by atoms with Crippen LogP contribution in [0.5, 0.6) is 5.75 Å². The largest absolute Gasteiger partial charge is 0.494 e. The molecule has 232 valence electrons. The first-order valence-corrected chi connectivity index (χ1v) is 16.2. The van der Waals surface area contributed by atoms with Gasteiger partial charge in [-0.1, -0.05) is 59.6 Å². The number of hydrogen-bond donors (Lipinski definition) is 1. The van der Waals surface area contributed by atoms with Gasteiger partial charge in [-0.2, -0.15) is 4.31 Å². The predicted octanol–water partition coefficient (Wildman–Crippen LogP) is 5.30. The van der Waals surface area contributed by atoms with Crippen LogP contribution in [0.25, 0.3) is 0 Å². The molecule has 2 atom stereocenters. The number of ether oxygens (including phenoxy) is 1. The second-order valence-corrected chi connectivity index (χ2v) is 13.9. The first kappa shape index (κ1) is 33.2. The van der Waals surface area contributed by atoms with E-state index in [0.717, 1.165) is 15.4 Å². The number of nitrogens with zero attached hydrogens (tertiary/aromatic N) is 3. The van der Waals surface area contributed by atoms with Gasteiger partial charge in [-0.3, -0.25) is 9.69 Å². The van der Waals surface area contributed by atoms with Crippen LogP contribution in [0.1, 0.15) is 28.7 Å². The molecule has 43 heavy (non-hydrogen) atoms. The van der Waals surface area contributed by atoms with Crippen LogP contribution in [0.3, 0.4) is 0 Å². The Bertz CT molecular complexity index is 1540. The molecule has 1 heterocycles. The van der Waals surface area contributed by atoms with Crippen LogP contribution in [-0.4, -0.2) is 79.2 Å². The molecule has 1 N–H and O–H groups in total. The summed E-state index contributed by atoms with van der Waals surface area (Å²) in [5.41, 5.74) is 2.90. The van der Waals surface area contributed by atoms with Crippen molar-refractivity contribution >= 4 is 39.2 Å². The summed E-state index contributed by atoms with van der Waals surface area (Å²) in [4.78, 5) is 15.9. The van der Waals surface area contributed by atoms with E-state index in [1.165, 1.54) is 13.2 Å². The summed E-state index contributed by atoms with van der Waals surface area (Å²) >= 11 is 12.7. The van der Waals surface area contributed by atoms with Crippen molar-refractivity contribution in [1.82, 2.24) is 14.1 Å². The molecule has 1 unspecified atom stereocenters. The van der Waals surface area contributed by atoms with Crippen molar-refractivity contribution in [3.05, 3.63) is 98.8 Å². The highest BCUT2D eigenvalue weighted by atomic mass is 35.5. The number of halogens is 3. The second kappa shape index (κ2) is 14.4. The Kier molecular flexibility index (Phi) is 11.1. The summed E-state index contributed by atoms with van der Waals surface area (Å²) in [5, 5.41) is 10.5. The summed E-state index contributed by atoms with van der Waals surface area (Å²) in [7, 11) is 1.68. The summed E-state index contributed by atoms with van der Waals surface area (Å²) < 4.78 is 47.1. The fourth-order valence-electron chi connectivity index (χ4n) is 5.43. The lowest BCUT2D eigenvalue weighted by Gasteiger charge is -2.34. The van der Waals surface area contributed by atoms with Crippen LogP contribution in [0.2, 0.25) is 10.0 Å². The molecular formula is C31H36Cl2FN3O5S. The number of carboxylic acids is 1. The number of hydrogen-bond acceptors (Lipinski definition) is 6. The maximum absolute atomic E-state index is 15.5. The number of likely N-dealkylation sites (N-methyl/N-ethyl adjacent to an activating group) is 1. The van der Waals surface area contributed by atoms with Crippen molar-refractivity contribution in [1.29, 1.82) is 0 Å². The molecule has 0 spiro atoms. The van der Waals surface area contributed by atoms with Crippen molar-refractivity contribution < 1.29 is 27.4 Å². The van der Waals surface area contributed by atoms with Crippen LogP contribution < -0.4 is 4.74 Å². The normalized spacial score (nSPS) is 17.4. The quantitative estimate of drug-likeness (QED) is 0.268. The van der Waals surface area contributed by atoms with E-state index in [9.17, 15) is 18.3 Å². The molecule has 12 heteroatoms. The number of carbonyl (C=O) groups is 1. The highest BCUT2D eigenvalue weighted by Gasteiger charge is 2.41. The van der Waals surface area contributed by atoms with Crippen LogP contribution in [0.4, 0.5) is 4.39 Å². The molecule has 0 bridgehead atoms. The van der Waals surface area contributed by atoms with Gasteiger partial charge >= 0.3 is 5.97 Å². The van der Waals surface area contributed by atoms with E-state index in [-0.39, 0.29) is 42.1 Å². The van der Waals surface area contributed by atoms with Gasteiger partial charge in [0.1, 0.15) is 6.04 Å². The average molecular weight is 653 g/mol. The molecule has 0 aliphatic carbocycles. The number of methoxy groups -OCH3 is 1. The number of rotatable bonds is 13. The SMILES string of the molecule is COc1ccc(Cl)c(CN(Cc2cccc(CN3C(C(=O)O)CCS3(=O)=O)c2)[C@@H](Cc2ccc(Cl)cc2)CN(C)C)c1F. The highest BCUT2D eigenvalue weighted by molar-refractivity contribution is 7.89. The van der Waals surface area contributed by atoms with E-state index in [1.807, 2.05) is 56.6 Å². The molecule has 3 aromatic rings. The van der Waals surface area contributed by atoms with Crippen LogP contribution in [0, 0.1) is 5.82 Å². The Hall–Kier alpha value is -2.73. The summed E-state index contributed by atoms with van der Waals surface area (Å²) in [5.74, 6) is -1.78. The zero-order chi connectivity index (χ0) is 31.3. The third-order valence-corrected chi connectivity index (χ3v) is 10.0. The molecule has 0 radical (unpaired) electrons. The van der Waals surface area contributed by atoms with E-state index < -0.39 is 27.9 Å². The van der Waals surface area contributed by atoms with Crippen molar-refractivity contribution in [2.75, 3.05) is 33.5 Å². The van der Waals surface area contributed by atoms with E-state index in [4.69, 9.17) is 27.9 Å². The third kappa shape index (κ3) is 8.47. The standard InChI is InChI=1S/C31H36Cl2FN3O5S/c1-35(2)19-25(16-21-7-9-24(32)10-8-21)36(20-26-27(33)11-12-29(42-3)30(26)34)17-22-5-4-6-23(15-22)18-37-28(31(38)39)13-14-43(37,40)41/h4-12,15,25,28H,13-14,16-20H2,1-3H3,(H,38,39)/t25-,28?/m0/s1. The van der Waals surface area contributed by atoms with Gasteiger partial charge in [0.05, 0.1) is 12.9 Å². The highest BCUT2D eigenvalue weighted by Crippen LogP contribution is 2.30. The van der Waals surface area contributed by atoms with Gasteiger partial charge in [-0.15, -0.1) is 0 Å². The third-order valence-electron chi connectivity index (χ3n) is 7.56. The van der Waals surface area contributed by atoms with Gasteiger partial charge in [0.25, 0.3) is 0 Å². The molecule has 3 aromatic carbocycles. The first-order chi connectivity index (χ1) is 20.4. The first-order valence-electron chi connectivity index (χ1n) is 13.8. The van der Waals surface area contributed by atoms with Crippen molar-refractivity contribution in [2.45, 2.75) is 44.6 Å².